The Morgan fingerprint density at radius 1 is 1.13 bits per heavy atom. The average molecular weight is 568 g/mol. The van der Waals surface area contributed by atoms with Gasteiger partial charge in [-0.3, -0.25) is 4.79 Å². The zero-order chi connectivity index (χ0) is 27.8. The predicted molar refractivity (Wildman–Crippen MR) is 154 cm³/mol. The van der Waals surface area contributed by atoms with Gasteiger partial charge in [0.25, 0.3) is 0 Å². The first kappa shape index (κ1) is 28.3. The summed E-state index contributed by atoms with van der Waals surface area (Å²) >= 11 is 6.52. The summed E-state index contributed by atoms with van der Waals surface area (Å²) in [6.07, 6.45) is 6.57. The van der Waals surface area contributed by atoms with Gasteiger partial charge in [-0.25, -0.2) is 23.1 Å². The molecule has 0 radical (unpaired) electrons. The number of anilines is 1. The highest BCUT2D eigenvalue weighted by Gasteiger charge is 2.22. The van der Waals surface area contributed by atoms with Crippen LogP contribution in [0.1, 0.15) is 48.5 Å². The minimum Gasteiger partial charge on any atom is -0.457 e. The van der Waals surface area contributed by atoms with Crippen molar-refractivity contribution in [3.63, 3.8) is 0 Å². The largest absolute Gasteiger partial charge is 0.457 e. The van der Waals surface area contributed by atoms with Crippen LogP contribution in [0.2, 0.25) is 5.02 Å². The van der Waals surface area contributed by atoms with E-state index in [9.17, 15) is 13.2 Å². The van der Waals surface area contributed by atoms with Crippen LogP contribution in [0.4, 0.5) is 5.82 Å². The third-order valence-corrected chi connectivity index (χ3v) is 7.45. The molecule has 0 aliphatic carbocycles. The van der Waals surface area contributed by atoms with Crippen LogP contribution in [0.3, 0.4) is 0 Å². The van der Waals surface area contributed by atoms with E-state index in [2.05, 4.69) is 38.5 Å². The monoisotopic (exact) mass is 567 g/mol. The van der Waals surface area contributed by atoms with Gasteiger partial charge >= 0.3 is 0 Å². The smallest absolute Gasteiger partial charge is 0.233 e. The summed E-state index contributed by atoms with van der Waals surface area (Å²) in [4.78, 5) is 25.3. The average Bonchev–Trinajstić information content (AvgIpc) is 3.37. The van der Waals surface area contributed by atoms with Crippen LogP contribution in [0, 0.1) is 0 Å². The summed E-state index contributed by atoms with van der Waals surface area (Å²) in [5, 5.41) is 4.94. The van der Waals surface area contributed by atoms with Gasteiger partial charge in [0.2, 0.25) is 10.0 Å². The molecule has 0 aliphatic heterocycles. The first-order valence-corrected chi connectivity index (χ1v) is 14.5. The lowest BCUT2D eigenvalue weighted by atomic mass is 10.0. The summed E-state index contributed by atoms with van der Waals surface area (Å²) in [5.74, 6) is 1.26. The van der Waals surface area contributed by atoms with Crippen molar-refractivity contribution in [1.29, 1.82) is 0 Å². The van der Waals surface area contributed by atoms with Crippen molar-refractivity contribution in [2.75, 3.05) is 11.9 Å². The molecular formula is C28H30ClN5O4S. The molecule has 11 heteroatoms. The van der Waals surface area contributed by atoms with Crippen LogP contribution < -0.4 is 14.8 Å². The number of aromatic amines is 1. The highest BCUT2D eigenvalue weighted by atomic mass is 35.5. The summed E-state index contributed by atoms with van der Waals surface area (Å²) < 4.78 is 32.3. The van der Waals surface area contributed by atoms with Gasteiger partial charge in [0.15, 0.2) is 5.78 Å². The molecule has 204 valence electrons. The van der Waals surface area contributed by atoms with Gasteiger partial charge in [-0.05, 0) is 30.7 Å². The van der Waals surface area contributed by atoms with Crippen LogP contribution in [0.25, 0.3) is 11.0 Å². The molecule has 0 amide bonds. The number of benzene rings is 2. The number of para-hydroxylation sites is 1. The molecule has 2 aromatic heterocycles. The highest BCUT2D eigenvalue weighted by molar-refractivity contribution is 7.92. The normalized spacial score (nSPS) is 12.3. The Morgan fingerprint density at radius 2 is 1.92 bits per heavy atom. The fraction of sp³-hybridized carbons (Fsp3) is 0.250. The van der Waals surface area contributed by atoms with Gasteiger partial charge in [-0.15, -0.1) is 0 Å². The maximum Gasteiger partial charge on any atom is 0.233 e. The number of nitrogens with zero attached hydrogens (tertiary/aromatic N) is 2. The molecule has 0 saturated carbocycles. The Kier molecular flexibility index (Phi) is 9.34. The second-order valence-electron chi connectivity index (χ2n) is 8.93. The van der Waals surface area contributed by atoms with Gasteiger partial charge in [0.1, 0.15) is 29.3 Å². The van der Waals surface area contributed by atoms with Crippen molar-refractivity contribution in [3.8, 4) is 11.5 Å². The Morgan fingerprint density at radius 3 is 2.64 bits per heavy atom. The maximum absolute atomic E-state index is 13.6. The molecule has 3 N–H and O–H groups in total. The number of unbranched alkanes of at least 4 members (excludes halogenated alkanes) is 2. The number of hydrogen-bond donors (Lipinski definition) is 3. The fourth-order valence-electron chi connectivity index (χ4n) is 4.10. The molecule has 0 aliphatic rings. The van der Waals surface area contributed by atoms with Crippen LogP contribution >= 0.6 is 11.6 Å². The molecule has 0 bridgehead atoms. The van der Waals surface area contributed by atoms with E-state index in [1.165, 1.54) is 6.33 Å². The van der Waals surface area contributed by atoms with Crippen molar-refractivity contribution >= 4 is 44.3 Å². The molecule has 4 aromatic rings. The number of rotatable bonds is 14. The predicted octanol–water partition coefficient (Wildman–Crippen LogP) is 6.06. The quantitative estimate of drug-likeness (QED) is 0.125. The molecule has 1 atom stereocenters. The molecule has 2 heterocycles. The Hall–Kier alpha value is -3.73. The van der Waals surface area contributed by atoms with Crippen molar-refractivity contribution in [1.82, 2.24) is 19.7 Å². The summed E-state index contributed by atoms with van der Waals surface area (Å²) in [7, 11) is -3.60. The SMILES string of the molecule is C=CS(=O)(=O)NCC(CCCCC)Nc1ncnc2[nH]cc(C(=O)c3ccc(Oc4ccccc4)cc3Cl)c12. The van der Waals surface area contributed by atoms with Crippen molar-refractivity contribution in [3.05, 3.63) is 89.2 Å². The summed E-state index contributed by atoms with van der Waals surface area (Å²) in [6.45, 7) is 5.57. The number of hydrogen-bond acceptors (Lipinski definition) is 7. The molecule has 0 fully saturated rings. The van der Waals surface area contributed by atoms with E-state index in [-0.39, 0.29) is 23.4 Å². The highest BCUT2D eigenvalue weighted by Crippen LogP contribution is 2.31. The van der Waals surface area contributed by atoms with Crippen LogP contribution in [0.5, 0.6) is 11.5 Å². The maximum atomic E-state index is 13.6. The lowest BCUT2D eigenvalue weighted by Crippen LogP contribution is -2.36. The Balaban J connectivity index is 1.61. The minimum absolute atomic E-state index is 0.131. The van der Waals surface area contributed by atoms with E-state index in [1.807, 2.05) is 30.3 Å². The van der Waals surface area contributed by atoms with Gasteiger partial charge < -0.3 is 15.0 Å². The molecule has 1 unspecified atom stereocenters. The van der Waals surface area contributed by atoms with Crippen LogP contribution in [0.15, 0.2) is 73.0 Å². The number of nitrogens with one attached hydrogen (secondary N) is 3. The molecule has 9 nitrogen and oxygen atoms in total. The third-order valence-electron chi connectivity index (χ3n) is 6.13. The molecule has 4 rings (SSSR count). The summed E-state index contributed by atoms with van der Waals surface area (Å²) in [5.41, 5.74) is 1.10. The molecule has 0 spiro atoms. The summed E-state index contributed by atoms with van der Waals surface area (Å²) in [6, 6.07) is 13.9. The zero-order valence-corrected chi connectivity index (χ0v) is 23.1. The fourth-order valence-corrected chi connectivity index (χ4v) is 4.91. The van der Waals surface area contributed by atoms with Gasteiger partial charge in [-0.2, -0.15) is 0 Å². The number of H-pyrrole nitrogens is 1. The van der Waals surface area contributed by atoms with Crippen LogP contribution in [-0.2, 0) is 10.0 Å². The number of carbonyl (C=O) groups is 1. The van der Waals surface area contributed by atoms with Gasteiger partial charge in [0, 0.05) is 35.8 Å². The van der Waals surface area contributed by atoms with E-state index in [0.29, 0.717) is 45.9 Å². The van der Waals surface area contributed by atoms with E-state index < -0.39 is 10.0 Å². The number of ether oxygens (including phenoxy) is 1. The van der Waals surface area contributed by atoms with E-state index in [0.717, 1.165) is 24.7 Å². The van der Waals surface area contributed by atoms with Gasteiger partial charge in [-0.1, -0.05) is 62.6 Å². The van der Waals surface area contributed by atoms with Crippen molar-refractivity contribution in [2.45, 2.75) is 38.6 Å². The Bertz CT molecular complexity index is 1560. The van der Waals surface area contributed by atoms with Crippen molar-refractivity contribution < 1.29 is 17.9 Å². The van der Waals surface area contributed by atoms with Crippen molar-refractivity contribution in [2.24, 2.45) is 0 Å². The standard InChI is InChI=1S/C28H30ClN5O4S/c1-3-5-7-10-19(16-33-39(36,37)4-2)34-28-25-23(17-30-27(25)31-18-32-28)26(35)22-14-13-21(15-24(22)29)38-20-11-8-6-9-12-20/h4,6,8-9,11-15,17-19,33H,2-3,5,7,10,16H2,1H3,(H2,30,31,32,34). The number of fused-ring (bicyclic) bond motifs is 1. The molecule has 39 heavy (non-hydrogen) atoms. The second kappa shape index (κ2) is 12.9. The number of aromatic nitrogens is 3. The molecule has 2 aromatic carbocycles. The molecular weight excluding hydrogens is 538 g/mol. The first-order valence-electron chi connectivity index (χ1n) is 12.6. The van der Waals surface area contributed by atoms with Crippen LogP contribution in [-0.4, -0.2) is 41.7 Å². The number of ketones is 1. The van der Waals surface area contributed by atoms with Gasteiger partial charge in [0.05, 0.1) is 16.0 Å². The number of sulfonamides is 1. The van der Waals surface area contributed by atoms with E-state index in [1.54, 1.807) is 24.4 Å². The minimum atomic E-state index is -3.60. The first-order chi connectivity index (χ1) is 18.8. The molecule has 0 saturated heterocycles. The van der Waals surface area contributed by atoms with E-state index in [4.69, 9.17) is 16.3 Å². The Labute approximate surface area is 232 Å². The lowest BCUT2D eigenvalue weighted by molar-refractivity contribution is 0.104. The number of carbonyl (C=O) groups excluding carboxylic acids is 1. The second-order valence-corrected chi connectivity index (χ2v) is 11.1. The lowest BCUT2D eigenvalue weighted by Gasteiger charge is -2.20. The van der Waals surface area contributed by atoms with E-state index >= 15 is 0 Å². The topological polar surface area (TPSA) is 126 Å². The zero-order valence-electron chi connectivity index (χ0n) is 21.5. The number of halogens is 1. The third kappa shape index (κ3) is 7.23.